The van der Waals surface area contributed by atoms with Crippen molar-refractivity contribution in [1.82, 2.24) is 0 Å². The summed E-state index contributed by atoms with van der Waals surface area (Å²) in [6, 6.07) is 17.1. The Bertz CT molecular complexity index is 1390. The van der Waals surface area contributed by atoms with E-state index in [4.69, 9.17) is 23.4 Å². The van der Waals surface area contributed by atoms with E-state index in [2.05, 4.69) is 5.32 Å². The molecule has 1 aromatic heterocycles. The fourth-order valence-corrected chi connectivity index (χ4v) is 3.49. The second-order valence-electron chi connectivity index (χ2n) is 7.27. The zero-order valence-electron chi connectivity index (χ0n) is 17.6. The van der Waals surface area contributed by atoms with Gasteiger partial charge >= 0.3 is 0 Å². The highest BCUT2D eigenvalue weighted by molar-refractivity contribution is 5.92. The van der Waals surface area contributed by atoms with Gasteiger partial charge in [-0.15, -0.1) is 0 Å². The number of ether oxygens (including phenoxy) is 4. The Morgan fingerprint density at radius 2 is 1.76 bits per heavy atom. The largest absolute Gasteiger partial charge is 0.497 e. The molecular weight excluding hydrogens is 426 g/mol. The minimum absolute atomic E-state index is 0.159. The van der Waals surface area contributed by atoms with Crippen molar-refractivity contribution in [2.45, 2.75) is 0 Å². The van der Waals surface area contributed by atoms with Gasteiger partial charge < -0.3 is 28.7 Å². The van der Waals surface area contributed by atoms with Gasteiger partial charge in [-0.2, -0.15) is 0 Å². The molecular formula is C25H19NO7. The van der Waals surface area contributed by atoms with Gasteiger partial charge in [-0.05, 0) is 42.0 Å². The Balaban J connectivity index is 1.28. The van der Waals surface area contributed by atoms with E-state index in [0.29, 0.717) is 45.2 Å². The molecule has 0 spiro atoms. The summed E-state index contributed by atoms with van der Waals surface area (Å²) in [4.78, 5) is 25.2. The van der Waals surface area contributed by atoms with Crippen molar-refractivity contribution < 1.29 is 28.2 Å². The summed E-state index contributed by atoms with van der Waals surface area (Å²) in [5.74, 6) is 1.98. The summed E-state index contributed by atoms with van der Waals surface area (Å²) in [5, 5.41) is 3.16. The van der Waals surface area contributed by atoms with Crippen molar-refractivity contribution in [2.24, 2.45) is 0 Å². The van der Waals surface area contributed by atoms with E-state index in [1.165, 1.54) is 6.26 Å². The smallest absolute Gasteiger partial charge is 0.262 e. The lowest BCUT2D eigenvalue weighted by atomic mass is 10.1. The first-order chi connectivity index (χ1) is 16.1. The van der Waals surface area contributed by atoms with Gasteiger partial charge in [0, 0.05) is 17.8 Å². The van der Waals surface area contributed by atoms with Gasteiger partial charge in [-0.3, -0.25) is 9.59 Å². The number of anilines is 1. The molecule has 0 aliphatic carbocycles. The average Bonchev–Trinajstić information content (AvgIpc) is 3.31. The topological polar surface area (TPSA) is 96.2 Å². The van der Waals surface area contributed by atoms with Crippen molar-refractivity contribution in [3.8, 4) is 34.1 Å². The number of carbonyl (C=O) groups excluding carboxylic acids is 1. The van der Waals surface area contributed by atoms with Crippen LogP contribution in [0.2, 0.25) is 0 Å². The molecule has 0 bridgehead atoms. The predicted octanol–water partition coefficient (Wildman–Crippen LogP) is 4.21. The van der Waals surface area contributed by atoms with E-state index in [9.17, 15) is 9.59 Å². The third-order valence-corrected chi connectivity index (χ3v) is 5.17. The Hall–Kier alpha value is -4.46. The summed E-state index contributed by atoms with van der Waals surface area (Å²) in [5.41, 5.74) is 1.96. The van der Waals surface area contributed by atoms with Crippen LogP contribution >= 0.6 is 0 Å². The van der Waals surface area contributed by atoms with Gasteiger partial charge in [0.2, 0.25) is 6.79 Å². The quantitative estimate of drug-likeness (QED) is 0.475. The van der Waals surface area contributed by atoms with Crippen LogP contribution in [0, 0.1) is 0 Å². The van der Waals surface area contributed by atoms with Crippen LogP contribution in [0.3, 0.4) is 0 Å². The van der Waals surface area contributed by atoms with Crippen molar-refractivity contribution in [3.63, 3.8) is 0 Å². The molecule has 0 unspecified atom stereocenters. The average molecular weight is 445 g/mol. The Kier molecular flexibility index (Phi) is 5.32. The first-order valence-electron chi connectivity index (χ1n) is 10.1. The summed E-state index contributed by atoms with van der Waals surface area (Å²) in [6.45, 7) is -0.0519. The highest BCUT2D eigenvalue weighted by Gasteiger charge is 2.15. The second-order valence-corrected chi connectivity index (χ2v) is 7.27. The van der Waals surface area contributed by atoms with E-state index < -0.39 is 0 Å². The zero-order chi connectivity index (χ0) is 22.8. The minimum atomic E-state index is -0.342. The van der Waals surface area contributed by atoms with Crippen molar-refractivity contribution in [2.75, 3.05) is 25.8 Å². The molecule has 8 heteroatoms. The molecule has 1 N–H and O–H groups in total. The number of rotatable bonds is 6. The molecule has 166 valence electrons. The highest BCUT2D eigenvalue weighted by Crippen LogP contribution is 2.34. The number of carbonyl (C=O) groups is 1. The van der Waals surface area contributed by atoms with Crippen LogP contribution in [0.5, 0.6) is 23.0 Å². The van der Waals surface area contributed by atoms with Crippen molar-refractivity contribution >= 4 is 22.6 Å². The molecule has 0 saturated carbocycles. The number of benzene rings is 3. The third-order valence-electron chi connectivity index (χ3n) is 5.17. The molecule has 1 aliphatic heterocycles. The molecule has 0 atom stereocenters. The number of hydrogen-bond acceptors (Lipinski definition) is 7. The summed E-state index contributed by atoms with van der Waals surface area (Å²) < 4.78 is 27.0. The number of hydrogen-bond donors (Lipinski definition) is 1. The SMILES string of the molecule is COc1ccc(-c2coc3cc(OCC(=O)Nc4ccc5c(c4)OCO5)ccc3c2=O)cc1. The Labute approximate surface area is 188 Å². The molecule has 4 aromatic rings. The lowest BCUT2D eigenvalue weighted by Crippen LogP contribution is -2.20. The minimum Gasteiger partial charge on any atom is -0.497 e. The van der Waals surface area contributed by atoms with Crippen LogP contribution in [0.25, 0.3) is 22.1 Å². The lowest BCUT2D eigenvalue weighted by Gasteiger charge is -2.09. The number of fused-ring (bicyclic) bond motifs is 2. The fraction of sp³-hybridized carbons (Fsp3) is 0.120. The molecule has 0 radical (unpaired) electrons. The summed E-state index contributed by atoms with van der Waals surface area (Å²) in [7, 11) is 1.58. The van der Waals surface area contributed by atoms with E-state index in [0.717, 1.165) is 5.56 Å². The molecule has 5 rings (SSSR count). The Morgan fingerprint density at radius 3 is 2.58 bits per heavy atom. The van der Waals surface area contributed by atoms with E-state index in [-0.39, 0.29) is 24.7 Å². The van der Waals surface area contributed by atoms with Crippen LogP contribution in [-0.4, -0.2) is 26.4 Å². The van der Waals surface area contributed by atoms with Crippen LogP contribution in [0.1, 0.15) is 0 Å². The summed E-state index contributed by atoms with van der Waals surface area (Å²) >= 11 is 0. The highest BCUT2D eigenvalue weighted by atomic mass is 16.7. The van der Waals surface area contributed by atoms with Crippen LogP contribution in [0.15, 0.2) is 76.1 Å². The first-order valence-corrected chi connectivity index (χ1v) is 10.1. The van der Waals surface area contributed by atoms with Gasteiger partial charge in [0.1, 0.15) is 23.3 Å². The molecule has 3 aromatic carbocycles. The van der Waals surface area contributed by atoms with Gasteiger partial charge in [0.05, 0.1) is 18.1 Å². The number of methoxy groups -OCH3 is 1. The van der Waals surface area contributed by atoms with Gasteiger partial charge in [0.15, 0.2) is 23.5 Å². The molecule has 33 heavy (non-hydrogen) atoms. The maximum atomic E-state index is 12.9. The molecule has 0 saturated heterocycles. The molecule has 1 aliphatic rings. The van der Waals surface area contributed by atoms with Gasteiger partial charge in [-0.1, -0.05) is 12.1 Å². The number of nitrogens with one attached hydrogen (secondary N) is 1. The fourth-order valence-electron chi connectivity index (χ4n) is 3.49. The third kappa shape index (κ3) is 4.18. The van der Waals surface area contributed by atoms with Crippen LogP contribution in [0.4, 0.5) is 5.69 Å². The standard InChI is InChI=1S/C25H19NO7/c1-29-17-5-2-15(3-6-17)20-12-31-22-11-18(7-8-19(22)25(20)28)30-13-24(27)26-16-4-9-21-23(10-16)33-14-32-21/h2-12H,13-14H2,1H3,(H,26,27). The monoisotopic (exact) mass is 445 g/mol. The maximum absolute atomic E-state index is 12.9. The van der Waals surface area contributed by atoms with E-state index >= 15 is 0 Å². The zero-order valence-corrected chi connectivity index (χ0v) is 17.6. The van der Waals surface area contributed by atoms with Crippen LogP contribution < -0.4 is 29.7 Å². The van der Waals surface area contributed by atoms with Crippen molar-refractivity contribution in [3.05, 3.63) is 77.2 Å². The maximum Gasteiger partial charge on any atom is 0.262 e. The van der Waals surface area contributed by atoms with Crippen LogP contribution in [-0.2, 0) is 4.79 Å². The normalized spacial score (nSPS) is 11.9. The lowest BCUT2D eigenvalue weighted by molar-refractivity contribution is -0.118. The molecule has 0 fully saturated rings. The van der Waals surface area contributed by atoms with Gasteiger partial charge in [-0.25, -0.2) is 0 Å². The molecule has 2 heterocycles. The molecule has 8 nitrogen and oxygen atoms in total. The van der Waals surface area contributed by atoms with E-state index in [1.54, 1.807) is 67.8 Å². The first kappa shape index (κ1) is 20.4. The van der Waals surface area contributed by atoms with Gasteiger partial charge in [0.25, 0.3) is 5.91 Å². The summed E-state index contributed by atoms with van der Waals surface area (Å²) in [6.07, 6.45) is 1.42. The van der Waals surface area contributed by atoms with Crippen molar-refractivity contribution in [1.29, 1.82) is 0 Å². The molecule has 1 amide bonds. The predicted molar refractivity (Wildman–Crippen MR) is 121 cm³/mol. The van der Waals surface area contributed by atoms with E-state index in [1.807, 2.05) is 0 Å². The number of amides is 1. The second kappa shape index (κ2) is 8.58. The Morgan fingerprint density at radius 1 is 0.970 bits per heavy atom.